The normalized spacial score (nSPS) is 12.7. The van der Waals surface area contributed by atoms with Crippen LogP contribution in [-0.4, -0.2) is 33.4 Å². The summed E-state index contributed by atoms with van der Waals surface area (Å²) in [5.74, 6) is -0.150. The van der Waals surface area contributed by atoms with E-state index in [0.29, 0.717) is 12.6 Å². The molecule has 1 N–H and O–H groups in total. The van der Waals surface area contributed by atoms with Gasteiger partial charge in [-0.25, -0.2) is 4.39 Å². The van der Waals surface area contributed by atoms with Gasteiger partial charge in [0.2, 0.25) is 0 Å². The van der Waals surface area contributed by atoms with Crippen molar-refractivity contribution in [2.45, 2.75) is 45.7 Å². The Morgan fingerprint density at radius 3 is 2.48 bits per heavy atom. The summed E-state index contributed by atoms with van der Waals surface area (Å²) < 4.78 is 19.6. The number of hydrogen-bond donors (Lipinski definition) is 1. The number of anilines is 1. The zero-order chi connectivity index (χ0) is 15.8. The van der Waals surface area contributed by atoms with E-state index in [9.17, 15) is 4.39 Å². The molecule has 0 bridgehead atoms. The van der Waals surface area contributed by atoms with Crippen LogP contribution in [0.25, 0.3) is 0 Å². The zero-order valence-electron chi connectivity index (χ0n) is 13.9. The van der Waals surface area contributed by atoms with Gasteiger partial charge >= 0.3 is 0 Å². The highest BCUT2D eigenvalue weighted by atomic mass is 19.1. The third-order valence-corrected chi connectivity index (χ3v) is 4.12. The summed E-state index contributed by atoms with van der Waals surface area (Å²) in [6, 6.07) is 5.71. The second-order valence-corrected chi connectivity index (χ2v) is 5.34. The van der Waals surface area contributed by atoms with Crippen molar-refractivity contribution in [1.82, 2.24) is 5.32 Å². The third kappa shape index (κ3) is 4.42. The lowest BCUT2D eigenvalue weighted by atomic mass is 10.0. The first-order valence-corrected chi connectivity index (χ1v) is 7.81. The van der Waals surface area contributed by atoms with Gasteiger partial charge < -0.3 is 15.0 Å². The van der Waals surface area contributed by atoms with Crippen molar-refractivity contribution in [3.05, 3.63) is 29.6 Å². The van der Waals surface area contributed by atoms with E-state index >= 15 is 0 Å². The molecule has 0 saturated heterocycles. The third-order valence-electron chi connectivity index (χ3n) is 4.12. The predicted octanol–water partition coefficient (Wildman–Crippen LogP) is 3.75. The molecule has 0 aliphatic carbocycles. The number of rotatable bonds is 9. The summed E-state index contributed by atoms with van der Waals surface area (Å²) in [5, 5.41) is 3.15. The maximum atomic E-state index is 14.3. The molecule has 21 heavy (non-hydrogen) atoms. The molecule has 0 saturated carbocycles. The van der Waals surface area contributed by atoms with Crippen LogP contribution < -0.4 is 10.2 Å². The first kappa shape index (κ1) is 17.9. The average molecular weight is 296 g/mol. The van der Waals surface area contributed by atoms with Crippen molar-refractivity contribution in [3.63, 3.8) is 0 Å². The Kier molecular flexibility index (Phi) is 7.68. The van der Waals surface area contributed by atoms with Gasteiger partial charge in [0.15, 0.2) is 0 Å². The minimum atomic E-state index is -0.150. The van der Waals surface area contributed by atoms with Crippen molar-refractivity contribution < 1.29 is 9.13 Å². The summed E-state index contributed by atoms with van der Waals surface area (Å²) in [6.07, 6.45) is 2.06. The van der Waals surface area contributed by atoms with Crippen molar-refractivity contribution in [3.8, 4) is 0 Å². The maximum absolute atomic E-state index is 14.3. The van der Waals surface area contributed by atoms with Gasteiger partial charge in [-0.2, -0.15) is 0 Å². The first-order valence-electron chi connectivity index (χ1n) is 7.81. The lowest BCUT2D eigenvalue weighted by Crippen LogP contribution is -2.38. The first-order chi connectivity index (χ1) is 10.1. The molecule has 0 amide bonds. The Labute approximate surface area is 128 Å². The van der Waals surface area contributed by atoms with E-state index < -0.39 is 0 Å². The van der Waals surface area contributed by atoms with Crippen molar-refractivity contribution in [1.29, 1.82) is 0 Å². The van der Waals surface area contributed by atoms with E-state index in [4.69, 9.17) is 4.74 Å². The topological polar surface area (TPSA) is 24.5 Å². The number of halogens is 1. The quantitative estimate of drug-likeness (QED) is 0.751. The maximum Gasteiger partial charge on any atom is 0.130 e. The molecular formula is C17H29FN2O. The molecule has 1 aromatic rings. The van der Waals surface area contributed by atoms with E-state index in [1.165, 1.54) is 6.07 Å². The number of benzene rings is 1. The lowest BCUT2D eigenvalue weighted by Gasteiger charge is -2.35. The van der Waals surface area contributed by atoms with Crippen LogP contribution in [0.2, 0.25) is 0 Å². The van der Waals surface area contributed by atoms with Crippen molar-refractivity contribution >= 4 is 5.69 Å². The fraction of sp³-hybridized carbons (Fsp3) is 0.647. The molecule has 0 aliphatic heterocycles. The van der Waals surface area contributed by atoms with Gasteiger partial charge in [-0.1, -0.05) is 19.9 Å². The lowest BCUT2D eigenvalue weighted by molar-refractivity contribution is 0.202. The Morgan fingerprint density at radius 1 is 1.29 bits per heavy atom. The van der Waals surface area contributed by atoms with Gasteiger partial charge in [0, 0.05) is 37.0 Å². The SMILES string of the molecule is CCC(CC)N(CCOC)c1cccc(F)c1C(C)NC. The smallest absolute Gasteiger partial charge is 0.130 e. The zero-order valence-corrected chi connectivity index (χ0v) is 13.9. The van der Waals surface area contributed by atoms with Crippen LogP contribution >= 0.6 is 0 Å². The van der Waals surface area contributed by atoms with E-state index in [1.807, 2.05) is 20.0 Å². The fourth-order valence-corrected chi connectivity index (χ4v) is 2.77. The predicted molar refractivity (Wildman–Crippen MR) is 87.5 cm³/mol. The molecule has 1 atom stereocenters. The molecule has 1 unspecified atom stereocenters. The molecular weight excluding hydrogens is 267 g/mol. The van der Waals surface area contributed by atoms with Gasteiger partial charge in [-0.15, -0.1) is 0 Å². The van der Waals surface area contributed by atoms with Gasteiger partial charge in [0.1, 0.15) is 5.82 Å². The molecule has 0 fully saturated rings. The molecule has 0 radical (unpaired) electrons. The summed E-state index contributed by atoms with van der Waals surface area (Å²) in [4.78, 5) is 2.29. The molecule has 1 rings (SSSR count). The second-order valence-electron chi connectivity index (χ2n) is 5.34. The van der Waals surface area contributed by atoms with Crippen LogP contribution in [0.3, 0.4) is 0 Å². The van der Waals surface area contributed by atoms with Crippen molar-refractivity contribution in [2.75, 3.05) is 32.2 Å². The van der Waals surface area contributed by atoms with E-state index in [0.717, 1.165) is 30.6 Å². The molecule has 0 spiro atoms. The van der Waals surface area contributed by atoms with Crippen LogP contribution in [0.1, 0.15) is 45.2 Å². The number of nitrogens with one attached hydrogen (secondary N) is 1. The highest BCUT2D eigenvalue weighted by Crippen LogP contribution is 2.31. The van der Waals surface area contributed by atoms with Gasteiger partial charge in [0.25, 0.3) is 0 Å². The molecule has 0 aliphatic rings. The monoisotopic (exact) mass is 296 g/mol. The summed E-state index contributed by atoms with van der Waals surface area (Å²) in [7, 11) is 3.56. The van der Waals surface area contributed by atoms with E-state index in [2.05, 4.69) is 24.1 Å². The average Bonchev–Trinajstić information content (AvgIpc) is 2.50. The van der Waals surface area contributed by atoms with Crippen LogP contribution in [0.15, 0.2) is 18.2 Å². The number of ether oxygens (including phenoxy) is 1. The van der Waals surface area contributed by atoms with Crippen LogP contribution in [-0.2, 0) is 4.74 Å². The Balaban J connectivity index is 3.25. The van der Waals surface area contributed by atoms with Crippen molar-refractivity contribution in [2.24, 2.45) is 0 Å². The second kappa shape index (κ2) is 9.00. The van der Waals surface area contributed by atoms with Crippen LogP contribution in [0.5, 0.6) is 0 Å². The molecule has 4 heteroatoms. The largest absolute Gasteiger partial charge is 0.383 e. The van der Waals surface area contributed by atoms with Gasteiger partial charge in [0.05, 0.1) is 6.61 Å². The Morgan fingerprint density at radius 2 is 1.95 bits per heavy atom. The number of methoxy groups -OCH3 is 1. The minimum absolute atomic E-state index is 0.0272. The molecule has 1 aromatic carbocycles. The highest BCUT2D eigenvalue weighted by Gasteiger charge is 2.22. The highest BCUT2D eigenvalue weighted by molar-refractivity contribution is 5.56. The van der Waals surface area contributed by atoms with Gasteiger partial charge in [-0.3, -0.25) is 0 Å². The number of nitrogens with zero attached hydrogens (tertiary/aromatic N) is 1. The molecule has 0 aromatic heterocycles. The van der Waals surface area contributed by atoms with E-state index in [1.54, 1.807) is 13.2 Å². The summed E-state index contributed by atoms with van der Waals surface area (Å²) in [6.45, 7) is 7.75. The Bertz CT molecular complexity index is 421. The summed E-state index contributed by atoms with van der Waals surface area (Å²) in [5.41, 5.74) is 1.71. The van der Waals surface area contributed by atoms with Crippen LogP contribution in [0.4, 0.5) is 10.1 Å². The summed E-state index contributed by atoms with van der Waals surface area (Å²) >= 11 is 0. The molecule has 3 nitrogen and oxygen atoms in total. The van der Waals surface area contributed by atoms with Crippen LogP contribution in [0, 0.1) is 5.82 Å². The Hall–Kier alpha value is -1.13. The molecule has 0 heterocycles. The van der Waals surface area contributed by atoms with Gasteiger partial charge in [-0.05, 0) is 38.9 Å². The van der Waals surface area contributed by atoms with E-state index in [-0.39, 0.29) is 11.9 Å². The molecule has 120 valence electrons. The minimum Gasteiger partial charge on any atom is -0.383 e. The fourth-order valence-electron chi connectivity index (χ4n) is 2.77. The number of hydrogen-bond acceptors (Lipinski definition) is 3. The standard InChI is InChI=1S/C17H29FN2O/c1-6-14(7-2)20(11-12-21-5)16-10-8-9-15(18)17(16)13(3)19-4/h8-10,13-14,19H,6-7,11-12H2,1-5H3.